The van der Waals surface area contributed by atoms with Gasteiger partial charge in [0.1, 0.15) is 0 Å². The summed E-state index contributed by atoms with van der Waals surface area (Å²) in [6.45, 7) is 5.23. The van der Waals surface area contributed by atoms with Gasteiger partial charge in [0.2, 0.25) is 5.91 Å². The lowest BCUT2D eigenvalue weighted by atomic mass is 10.0. The van der Waals surface area contributed by atoms with Crippen LogP contribution in [0, 0.1) is 19.8 Å². The number of anilines is 1. The van der Waals surface area contributed by atoms with Gasteiger partial charge in [-0.15, -0.1) is 0 Å². The maximum absolute atomic E-state index is 11.7. The van der Waals surface area contributed by atoms with Crippen molar-refractivity contribution < 1.29 is 19.5 Å². The minimum atomic E-state index is -0.971. The Labute approximate surface area is 122 Å². The van der Waals surface area contributed by atoms with Gasteiger partial charge < -0.3 is 10.4 Å². The van der Waals surface area contributed by atoms with Crippen molar-refractivity contribution >= 4 is 23.6 Å². The summed E-state index contributed by atoms with van der Waals surface area (Å²) < 4.78 is 0. The van der Waals surface area contributed by atoms with E-state index in [0.29, 0.717) is 11.4 Å². The highest BCUT2D eigenvalue weighted by molar-refractivity contribution is 6.01. The average molecular weight is 293 g/mol. The molecule has 1 unspecified atom stereocenters. The van der Waals surface area contributed by atoms with Gasteiger partial charge in [0, 0.05) is 18.5 Å². The van der Waals surface area contributed by atoms with E-state index in [2.05, 4.69) is 15.6 Å². The zero-order chi connectivity index (χ0) is 16.0. The van der Waals surface area contributed by atoms with Gasteiger partial charge in [-0.25, -0.2) is 4.79 Å². The van der Waals surface area contributed by atoms with Crippen molar-refractivity contribution in [3.05, 3.63) is 23.5 Å². The van der Waals surface area contributed by atoms with Crippen LogP contribution in [-0.4, -0.2) is 28.0 Å². The standard InChI is InChI=1S/C14H19N3O4/c1-8(7-13(19)20)6-12(18)17-14(21)16-11-5-4-9(2)15-10(11)3/h4-5,8H,6-7H2,1-3H3,(H,19,20)(H2,16,17,18,21). The number of carboxylic acid groups (broad SMARTS) is 1. The van der Waals surface area contributed by atoms with Crippen molar-refractivity contribution in [2.75, 3.05) is 5.32 Å². The zero-order valence-electron chi connectivity index (χ0n) is 12.3. The number of imide groups is 1. The van der Waals surface area contributed by atoms with Crippen LogP contribution >= 0.6 is 0 Å². The second kappa shape index (κ2) is 7.37. The second-order valence-corrected chi connectivity index (χ2v) is 5.00. The molecular formula is C14H19N3O4. The van der Waals surface area contributed by atoms with Crippen molar-refractivity contribution in [2.24, 2.45) is 5.92 Å². The molecule has 3 amide bonds. The van der Waals surface area contributed by atoms with Gasteiger partial charge in [-0.2, -0.15) is 0 Å². The van der Waals surface area contributed by atoms with Crippen LogP contribution in [0.5, 0.6) is 0 Å². The van der Waals surface area contributed by atoms with Crippen LogP contribution in [-0.2, 0) is 9.59 Å². The van der Waals surface area contributed by atoms with Gasteiger partial charge in [-0.3, -0.25) is 19.9 Å². The van der Waals surface area contributed by atoms with Gasteiger partial charge >= 0.3 is 12.0 Å². The minimum Gasteiger partial charge on any atom is -0.481 e. The molecule has 1 heterocycles. The van der Waals surface area contributed by atoms with E-state index in [-0.39, 0.29) is 18.8 Å². The SMILES string of the molecule is Cc1ccc(NC(=O)NC(=O)CC(C)CC(=O)O)c(C)n1. The largest absolute Gasteiger partial charge is 0.481 e. The molecule has 7 nitrogen and oxygen atoms in total. The van der Waals surface area contributed by atoms with Gasteiger partial charge in [-0.1, -0.05) is 6.92 Å². The summed E-state index contributed by atoms with van der Waals surface area (Å²) in [7, 11) is 0. The van der Waals surface area contributed by atoms with Crippen LogP contribution in [0.25, 0.3) is 0 Å². The Morgan fingerprint density at radius 1 is 1.24 bits per heavy atom. The maximum Gasteiger partial charge on any atom is 0.325 e. The molecule has 0 spiro atoms. The third kappa shape index (κ3) is 6.03. The maximum atomic E-state index is 11.7. The fourth-order valence-corrected chi connectivity index (χ4v) is 1.84. The Morgan fingerprint density at radius 3 is 2.48 bits per heavy atom. The van der Waals surface area contributed by atoms with Gasteiger partial charge in [0.25, 0.3) is 0 Å². The second-order valence-electron chi connectivity index (χ2n) is 5.00. The van der Waals surface area contributed by atoms with Crippen molar-refractivity contribution in [1.29, 1.82) is 0 Å². The van der Waals surface area contributed by atoms with E-state index < -0.39 is 17.9 Å². The number of rotatable bonds is 5. The van der Waals surface area contributed by atoms with Crippen LogP contribution in [0.15, 0.2) is 12.1 Å². The minimum absolute atomic E-state index is 0.0230. The quantitative estimate of drug-likeness (QED) is 0.767. The molecule has 1 atom stereocenters. The lowest BCUT2D eigenvalue weighted by Gasteiger charge is -2.11. The number of urea groups is 1. The number of nitrogens with zero attached hydrogens (tertiary/aromatic N) is 1. The molecule has 0 aliphatic rings. The number of carboxylic acids is 1. The van der Waals surface area contributed by atoms with Crippen LogP contribution in [0.4, 0.5) is 10.5 Å². The van der Waals surface area contributed by atoms with E-state index >= 15 is 0 Å². The predicted octanol–water partition coefficient (Wildman–Crippen LogP) is 1.85. The summed E-state index contributed by atoms with van der Waals surface area (Å²) >= 11 is 0. The topological polar surface area (TPSA) is 108 Å². The van der Waals surface area contributed by atoms with Crippen molar-refractivity contribution in [3.8, 4) is 0 Å². The van der Waals surface area contributed by atoms with Crippen molar-refractivity contribution in [1.82, 2.24) is 10.3 Å². The first-order valence-electron chi connectivity index (χ1n) is 6.54. The molecule has 0 aliphatic heterocycles. The highest BCUT2D eigenvalue weighted by Crippen LogP contribution is 2.12. The Kier molecular flexibility index (Phi) is 5.83. The highest BCUT2D eigenvalue weighted by atomic mass is 16.4. The molecule has 1 rings (SSSR count). The van der Waals surface area contributed by atoms with E-state index in [1.165, 1.54) is 0 Å². The van der Waals surface area contributed by atoms with Gasteiger partial charge in [-0.05, 0) is 31.9 Å². The van der Waals surface area contributed by atoms with E-state index in [9.17, 15) is 14.4 Å². The Morgan fingerprint density at radius 2 is 1.90 bits per heavy atom. The number of carbonyl (C=O) groups is 3. The lowest BCUT2D eigenvalue weighted by Crippen LogP contribution is -2.35. The first-order chi connectivity index (χ1) is 9.77. The lowest BCUT2D eigenvalue weighted by molar-refractivity contribution is -0.138. The first-order valence-corrected chi connectivity index (χ1v) is 6.54. The summed E-state index contributed by atoms with van der Waals surface area (Å²) in [6, 6.07) is 2.80. The molecule has 0 fully saturated rings. The molecule has 1 aromatic heterocycles. The predicted molar refractivity (Wildman–Crippen MR) is 76.9 cm³/mol. The molecular weight excluding hydrogens is 274 g/mol. The number of amides is 3. The van der Waals surface area contributed by atoms with Crippen LogP contribution in [0.1, 0.15) is 31.2 Å². The van der Waals surface area contributed by atoms with E-state index in [1.807, 2.05) is 6.92 Å². The Bertz CT molecular complexity index is 557. The third-order valence-corrected chi connectivity index (χ3v) is 2.78. The molecule has 3 N–H and O–H groups in total. The summed E-state index contributed by atoms with van der Waals surface area (Å²) in [4.78, 5) is 38.0. The number of aliphatic carboxylic acids is 1. The summed E-state index contributed by atoms with van der Waals surface area (Å²) in [5, 5.41) is 13.3. The van der Waals surface area contributed by atoms with Gasteiger partial charge in [0.05, 0.1) is 11.4 Å². The molecule has 1 aromatic rings. The summed E-state index contributed by atoms with van der Waals surface area (Å²) in [5.41, 5.74) is 2.00. The highest BCUT2D eigenvalue weighted by Gasteiger charge is 2.15. The Hall–Kier alpha value is -2.44. The van der Waals surface area contributed by atoms with Crippen molar-refractivity contribution in [3.63, 3.8) is 0 Å². The van der Waals surface area contributed by atoms with E-state index in [0.717, 1.165) is 5.69 Å². The number of carbonyl (C=O) groups excluding carboxylic acids is 2. The number of hydrogen-bond donors (Lipinski definition) is 3. The number of hydrogen-bond acceptors (Lipinski definition) is 4. The molecule has 0 saturated heterocycles. The monoisotopic (exact) mass is 293 g/mol. The van der Waals surface area contributed by atoms with E-state index in [4.69, 9.17) is 5.11 Å². The average Bonchev–Trinajstić information content (AvgIpc) is 2.31. The summed E-state index contributed by atoms with van der Waals surface area (Å²) in [5.74, 6) is -1.82. The molecule has 0 radical (unpaired) electrons. The number of pyridine rings is 1. The molecule has 0 aromatic carbocycles. The molecule has 0 aliphatic carbocycles. The van der Waals surface area contributed by atoms with Crippen LogP contribution in [0.2, 0.25) is 0 Å². The summed E-state index contributed by atoms with van der Waals surface area (Å²) in [6.07, 6.45) is -0.138. The van der Waals surface area contributed by atoms with Gasteiger partial charge in [0.15, 0.2) is 0 Å². The number of aromatic nitrogens is 1. The van der Waals surface area contributed by atoms with Crippen LogP contribution < -0.4 is 10.6 Å². The van der Waals surface area contributed by atoms with E-state index in [1.54, 1.807) is 26.0 Å². The number of nitrogens with one attached hydrogen (secondary N) is 2. The third-order valence-electron chi connectivity index (χ3n) is 2.78. The smallest absolute Gasteiger partial charge is 0.325 e. The Balaban J connectivity index is 2.49. The molecule has 0 bridgehead atoms. The fourth-order valence-electron chi connectivity index (χ4n) is 1.84. The van der Waals surface area contributed by atoms with Crippen LogP contribution in [0.3, 0.4) is 0 Å². The molecule has 114 valence electrons. The van der Waals surface area contributed by atoms with Crippen molar-refractivity contribution in [2.45, 2.75) is 33.6 Å². The molecule has 0 saturated carbocycles. The number of aryl methyl sites for hydroxylation is 2. The normalized spacial score (nSPS) is 11.6. The zero-order valence-corrected chi connectivity index (χ0v) is 12.3. The molecule has 21 heavy (non-hydrogen) atoms. The first kappa shape index (κ1) is 16.6. The molecule has 7 heteroatoms. The fraction of sp³-hybridized carbons (Fsp3) is 0.429.